The van der Waals surface area contributed by atoms with Crippen molar-refractivity contribution < 1.29 is 19.1 Å². The summed E-state index contributed by atoms with van der Waals surface area (Å²) < 4.78 is 5.21. The van der Waals surface area contributed by atoms with Gasteiger partial charge in [-0.1, -0.05) is 11.6 Å². The van der Waals surface area contributed by atoms with E-state index in [0.29, 0.717) is 34.1 Å². The van der Waals surface area contributed by atoms with Crippen LogP contribution in [0.3, 0.4) is 0 Å². The normalized spacial score (nSPS) is 10.7. The minimum atomic E-state index is -0.604. The summed E-state index contributed by atoms with van der Waals surface area (Å²) in [7, 11) is 0. The summed E-state index contributed by atoms with van der Waals surface area (Å²) in [5.41, 5.74) is 1.55. The van der Waals surface area contributed by atoms with Crippen LogP contribution < -0.4 is 5.32 Å². The number of aromatic nitrogens is 1. The number of carbonyl (C=O) groups excluding carboxylic acids is 3. The van der Waals surface area contributed by atoms with E-state index in [1.165, 1.54) is 18.3 Å². The number of pyridine rings is 1. The molecule has 0 fully saturated rings. The van der Waals surface area contributed by atoms with Crippen LogP contribution in [-0.4, -0.2) is 35.8 Å². The standard InChI is InChI=1S/C21H19ClN2O4S/c1-12-17(10-14-9-15(22)3-5-18(14)24-12)21(27)28-11-19(26)20-6-4-16(29-20)7-8-23-13(2)25/h3-6,9-10H,7-8,11H2,1-2H3,(H,23,25). The van der Waals surface area contributed by atoms with Crippen molar-refractivity contribution in [2.75, 3.05) is 13.2 Å². The molecular weight excluding hydrogens is 412 g/mol. The fourth-order valence-corrected chi connectivity index (χ4v) is 3.87. The lowest BCUT2D eigenvalue weighted by molar-refractivity contribution is -0.118. The van der Waals surface area contributed by atoms with E-state index in [-0.39, 0.29) is 18.3 Å². The molecule has 0 aliphatic carbocycles. The third-order valence-corrected chi connectivity index (χ3v) is 5.62. The Labute approximate surface area is 176 Å². The van der Waals surface area contributed by atoms with E-state index in [2.05, 4.69) is 10.3 Å². The van der Waals surface area contributed by atoms with Crippen molar-refractivity contribution in [3.8, 4) is 0 Å². The Hall–Kier alpha value is -2.77. The van der Waals surface area contributed by atoms with Crippen molar-refractivity contribution in [1.82, 2.24) is 10.3 Å². The van der Waals surface area contributed by atoms with Crippen LogP contribution in [0.5, 0.6) is 0 Å². The van der Waals surface area contributed by atoms with E-state index in [0.717, 1.165) is 15.8 Å². The highest BCUT2D eigenvalue weighted by atomic mass is 35.5. The molecule has 0 aliphatic rings. The Morgan fingerprint density at radius 1 is 1.17 bits per heavy atom. The molecule has 3 aromatic rings. The first-order chi connectivity index (χ1) is 13.8. The third kappa shape index (κ3) is 5.40. The number of amides is 1. The van der Waals surface area contributed by atoms with Gasteiger partial charge >= 0.3 is 5.97 Å². The molecule has 3 rings (SSSR count). The Bertz CT molecular complexity index is 1090. The zero-order chi connectivity index (χ0) is 21.0. The van der Waals surface area contributed by atoms with Crippen molar-refractivity contribution >= 4 is 51.5 Å². The highest BCUT2D eigenvalue weighted by Crippen LogP contribution is 2.22. The number of fused-ring (bicyclic) bond motifs is 1. The van der Waals surface area contributed by atoms with Gasteiger partial charge in [0.15, 0.2) is 6.61 Å². The molecule has 0 bridgehead atoms. The molecular formula is C21H19ClN2O4S. The van der Waals surface area contributed by atoms with Crippen LogP contribution >= 0.6 is 22.9 Å². The molecule has 0 saturated heterocycles. The van der Waals surface area contributed by atoms with E-state index in [1.54, 1.807) is 37.3 Å². The minimum absolute atomic E-state index is 0.0921. The van der Waals surface area contributed by atoms with Crippen LogP contribution in [0.4, 0.5) is 0 Å². The number of aryl methyl sites for hydroxylation is 1. The Morgan fingerprint density at radius 2 is 1.97 bits per heavy atom. The third-order valence-electron chi connectivity index (χ3n) is 4.20. The predicted octanol–water partition coefficient (Wildman–Crippen LogP) is 3.98. The highest BCUT2D eigenvalue weighted by Gasteiger charge is 2.17. The molecule has 0 aliphatic heterocycles. The van der Waals surface area contributed by atoms with Gasteiger partial charge in [-0.15, -0.1) is 11.3 Å². The Morgan fingerprint density at radius 3 is 2.72 bits per heavy atom. The van der Waals surface area contributed by atoms with E-state index in [9.17, 15) is 14.4 Å². The van der Waals surface area contributed by atoms with E-state index < -0.39 is 5.97 Å². The van der Waals surface area contributed by atoms with E-state index in [4.69, 9.17) is 16.3 Å². The second-order valence-corrected chi connectivity index (χ2v) is 8.06. The van der Waals surface area contributed by atoms with Crippen LogP contribution in [0, 0.1) is 6.92 Å². The van der Waals surface area contributed by atoms with Gasteiger partial charge in [-0.25, -0.2) is 4.79 Å². The van der Waals surface area contributed by atoms with Gasteiger partial charge in [-0.3, -0.25) is 14.6 Å². The van der Waals surface area contributed by atoms with Gasteiger partial charge in [-0.05, 0) is 49.7 Å². The van der Waals surface area contributed by atoms with Gasteiger partial charge < -0.3 is 10.1 Å². The second-order valence-electron chi connectivity index (χ2n) is 6.46. The summed E-state index contributed by atoms with van der Waals surface area (Å²) in [6.45, 7) is 3.33. The van der Waals surface area contributed by atoms with E-state index >= 15 is 0 Å². The molecule has 0 spiro atoms. The topological polar surface area (TPSA) is 85.4 Å². The molecule has 0 unspecified atom stereocenters. The summed E-state index contributed by atoms with van der Waals surface area (Å²) in [6, 6.07) is 10.4. The Kier molecular flexibility index (Phi) is 6.61. The fraction of sp³-hybridized carbons (Fsp3) is 0.238. The second kappa shape index (κ2) is 9.15. The Balaban J connectivity index is 1.62. The highest BCUT2D eigenvalue weighted by molar-refractivity contribution is 7.14. The van der Waals surface area contributed by atoms with Gasteiger partial charge in [0.05, 0.1) is 21.7 Å². The number of rotatable bonds is 7. The molecule has 150 valence electrons. The monoisotopic (exact) mass is 430 g/mol. The number of esters is 1. The summed E-state index contributed by atoms with van der Waals surface area (Å²) in [6.07, 6.45) is 0.641. The quantitative estimate of drug-likeness (QED) is 0.452. The maximum Gasteiger partial charge on any atom is 0.340 e. The molecule has 1 N–H and O–H groups in total. The number of nitrogens with zero attached hydrogens (tertiary/aromatic N) is 1. The zero-order valence-corrected chi connectivity index (χ0v) is 17.5. The molecule has 1 amide bonds. The van der Waals surface area contributed by atoms with Crippen LogP contribution in [0.1, 0.15) is 37.5 Å². The van der Waals surface area contributed by atoms with Crippen LogP contribution in [0.15, 0.2) is 36.4 Å². The number of hydrogen-bond donors (Lipinski definition) is 1. The van der Waals surface area contributed by atoms with Gasteiger partial charge in [0.25, 0.3) is 0 Å². The largest absolute Gasteiger partial charge is 0.454 e. The number of thiophene rings is 1. The van der Waals surface area contributed by atoms with Crippen molar-refractivity contribution in [1.29, 1.82) is 0 Å². The first kappa shape index (κ1) is 21.0. The van der Waals surface area contributed by atoms with Gasteiger partial charge in [-0.2, -0.15) is 0 Å². The molecule has 2 heterocycles. The average Bonchev–Trinajstić information content (AvgIpc) is 3.14. The smallest absolute Gasteiger partial charge is 0.340 e. The van der Waals surface area contributed by atoms with Crippen LogP contribution in [-0.2, 0) is 16.0 Å². The summed E-state index contributed by atoms with van der Waals surface area (Å²) >= 11 is 7.33. The number of Topliss-reactive ketones (excluding diaryl/α,β-unsaturated/α-hetero) is 1. The zero-order valence-electron chi connectivity index (χ0n) is 16.0. The molecule has 0 atom stereocenters. The number of ketones is 1. The summed E-state index contributed by atoms with van der Waals surface area (Å²) in [5.74, 6) is -0.971. The lowest BCUT2D eigenvalue weighted by Crippen LogP contribution is -2.22. The lowest BCUT2D eigenvalue weighted by Gasteiger charge is -2.08. The van der Waals surface area contributed by atoms with Crippen molar-refractivity contribution in [2.24, 2.45) is 0 Å². The first-order valence-electron chi connectivity index (χ1n) is 8.94. The molecule has 6 nitrogen and oxygen atoms in total. The van der Waals surface area contributed by atoms with Gasteiger partial charge in [0.1, 0.15) is 0 Å². The summed E-state index contributed by atoms with van der Waals surface area (Å²) in [5, 5.41) is 3.98. The molecule has 8 heteroatoms. The fourth-order valence-electron chi connectivity index (χ4n) is 2.75. The molecule has 2 aromatic heterocycles. The van der Waals surface area contributed by atoms with Crippen molar-refractivity contribution in [3.63, 3.8) is 0 Å². The maximum atomic E-state index is 12.5. The van der Waals surface area contributed by atoms with Crippen molar-refractivity contribution in [3.05, 3.63) is 62.4 Å². The molecule has 0 saturated carbocycles. The number of hydrogen-bond acceptors (Lipinski definition) is 6. The van der Waals surface area contributed by atoms with Crippen molar-refractivity contribution in [2.45, 2.75) is 20.3 Å². The SMILES string of the molecule is CC(=O)NCCc1ccc(C(=O)COC(=O)c2cc3cc(Cl)ccc3nc2C)s1. The van der Waals surface area contributed by atoms with Gasteiger partial charge in [0, 0.05) is 28.8 Å². The van der Waals surface area contributed by atoms with E-state index in [1.807, 2.05) is 6.07 Å². The first-order valence-corrected chi connectivity index (χ1v) is 10.1. The molecule has 0 radical (unpaired) electrons. The lowest BCUT2D eigenvalue weighted by atomic mass is 10.1. The number of carbonyl (C=O) groups is 3. The van der Waals surface area contributed by atoms with Crippen LogP contribution in [0.25, 0.3) is 10.9 Å². The number of halogens is 1. The minimum Gasteiger partial charge on any atom is -0.454 e. The number of nitrogens with one attached hydrogen (secondary N) is 1. The van der Waals surface area contributed by atoms with Gasteiger partial charge in [0.2, 0.25) is 11.7 Å². The molecule has 29 heavy (non-hydrogen) atoms. The predicted molar refractivity (Wildman–Crippen MR) is 113 cm³/mol. The van der Waals surface area contributed by atoms with Crippen LogP contribution in [0.2, 0.25) is 5.02 Å². The molecule has 1 aromatic carbocycles. The summed E-state index contributed by atoms with van der Waals surface area (Å²) in [4.78, 5) is 41.6. The maximum absolute atomic E-state index is 12.5. The number of benzene rings is 1. The number of ether oxygens (including phenoxy) is 1. The average molecular weight is 431 g/mol.